The van der Waals surface area contributed by atoms with Crippen LogP contribution in [-0.4, -0.2) is 49.5 Å². The number of morpholine rings is 1. The third-order valence-corrected chi connectivity index (χ3v) is 4.63. The van der Waals surface area contributed by atoms with E-state index in [1.165, 1.54) is 16.6 Å². The average Bonchev–Trinajstić information content (AvgIpc) is 2.38. The van der Waals surface area contributed by atoms with Crippen molar-refractivity contribution in [2.75, 3.05) is 19.6 Å². The number of hydrogen-bond acceptors (Lipinski definition) is 5. The van der Waals surface area contributed by atoms with Gasteiger partial charge in [-0.15, -0.1) is 0 Å². The monoisotopic (exact) mass is 289 g/mol. The Morgan fingerprint density at radius 2 is 2.32 bits per heavy atom. The number of sulfonamides is 1. The maximum atomic E-state index is 13.6. The van der Waals surface area contributed by atoms with Crippen molar-refractivity contribution in [2.45, 2.75) is 24.2 Å². The van der Waals surface area contributed by atoms with E-state index >= 15 is 0 Å². The van der Waals surface area contributed by atoms with Crippen molar-refractivity contribution in [2.24, 2.45) is 5.73 Å². The van der Waals surface area contributed by atoms with Crippen LogP contribution in [-0.2, 0) is 14.8 Å². The molecule has 0 aliphatic carbocycles. The van der Waals surface area contributed by atoms with Gasteiger partial charge in [0, 0.05) is 25.8 Å². The van der Waals surface area contributed by atoms with E-state index in [0.717, 1.165) is 6.07 Å². The zero-order valence-electron chi connectivity index (χ0n) is 10.5. The van der Waals surface area contributed by atoms with Crippen molar-refractivity contribution in [1.29, 1.82) is 0 Å². The first-order valence-corrected chi connectivity index (χ1v) is 7.35. The fourth-order valence-electron chi connectivity index (χ4n) is 2.01. The first kappa shape index (κ1) is 14.3. The minimum atomic E-state index is -3.96. The number of hydrogen-bond donors (Lipinski definition) is 1. The highest BCUT2D eigenvalue weighted by Gasteiger charge is 2.35. The summed E-state index contributed by atoms with van der Waals surface area (Å²) in [5, 5.41) is -0.556. The molecule has 0 radical (unpaired) electrons. The summed E-state index contributed by atoms with van der Waals surface area (Å²) in [5.74, 6) is -0.856. The Kier molecular flexibility index (Phi) is 4.14. The van der Waals surface area contributed by atoms with Crippen molar-refractivity contribution in [3.63, 3.8) is 0 Å². The quantitative estimate of drug-likeness (QED) is 0.843. The molecule has 6 nitrogen and oxygen atoms in total. The van der Waals surface area contributed by atoms with Gasteiger partial charge in [0.15, 0.2) is 5.82 Å². The van der Waals surface area contributed by atoms with E-state index in [4.69, 9.17) is 10.5 Å². The Morgan fingerprint density at radius 3 is 2.95 bits per heavy atom. The van der Waals surface area contributed by atoms with Crippen LogP contribution in [0, 0.1) is 5.82 Å². The highest BCUT2D eigenvalue weighted by molar-refractivity contribution is 7.89. The van der Waals surface area contributed by atoms with Crippen LogP contribution < -0.4 is 5.73 Å². The molecule has 1 aromatic heterocycles. The van der Waals surface area contributed by atoms with E-state index in [1.54, 1.807) is 6.92 Å². The van der Waals surface area contributed by atoms with Crippen molar-refractivity contribution < 1.29 is 17.5 Å². The fourth-order valence-corrected chi connectivity index (χ4v) is 3.53. The molecule has 19 heavy (non-hydrogen) atoms. The molecule has 0 amide bonds. The molecular weight excluding hydrogens is 273 g/mol. The van der Waals surface area contributed by atoms with Gasteiger partial charge in [-0.1, -0.05) is 0 Å². The second-order valence-corrected chi connectivity index (χ2v) is 6.27. The molecule has 2 N–H and O–H groups in total. The highest BCUT2D eigenvalue weighted by atomic mass is 32.2. The van der Waals surface area contributed by atoms with E-state index in [0.29, 0.717) is 0 Å². The van der Waals surface area contributed by atoms with Gasteiger partial charge in [0.05, 0.1) is 12.2 Å². The van der Waals surface area contributed by atoms with Crippen molar-refractivity contribution in [1.82, 2.24) is 9.29 Å². The molecule has 0 saturated carbocycles. The maximum absolute atomic E-state index is 13.6. The van der Waals surface area contributed by atoms with Gasteiger partial charge in [0.2, 0.25) is 5.03 Å². The summed E-state index contributed by atoms with van der Waals surface area (Å²) in [6.07, 6.45) is 0.578. The molecule has 1 aliphatic rings. The number of pyridine rings is 1. The number of nitrogens with zero attached hydrogens (tertiary/aromatic N) is 2. The summed E-state index contributed by atoms with van der Waals surface area (Å²) in [6.45, 7) is 2.23. The van der Waals surface area contributed by atoms with Crippen molar-refractivity contribution in [3.8, 4) is 0 Å². The lowest BCUT2D eigenvalue weighted by atomic mass is 10.2. The first-order chi connectivity index (χ1) is 8.95. The van der Waals surface area contributed by atoms with Crippen LogP contribution in [0.3, 0.4) is 0 Å². The number of nitrogens with two attached hydrogens (primary N) is 1. The zero-order chi connectivity index (χ0) is 14.0. The number of ether oxygens (including phenoxy) is 1. The number of halogens is 1. The Labute approximate surface area is 111 Å². The third-order valence-electron chi connectivity index (χ3n) is 2.86. The molecule has 0 bridgehead atoms. The Morgan fingerprint density at radius 1 is 1.58 bits per heavy atom. The molecule has 1 saturated heterocycles. The minimum Gasteiger partial charge on any atom is -0.371 e. The van der Waals surface area contributed by atoms with Crippen LogP contribution in [0.15, 0.2) is 23.4 Å². The molecule has 2 unspecified atom stereocenters. The standard InChI is InChI=1S/C11H16FN3O3S/c1-8-6-15(7-9(5-13)18-8)19(16,17)11-10(12)3-2-4-14-11/h2-4,8-9H,5-7,13H2,1H3. The van der Waals surface area contributed by atoms with Crippen LogP contribution in [0.1, 0.15) is 6.92 Å². The van der Waals surface area contributed by atoms with Crippen LogP contribution in [0.4, 0.5) is 4.39 Å². The molecule has 1 aromatic rings. The van der Waals surface area contributed by atoms with E-state index in [2.05, 4.69) is 4.98 Å². The lowest BCUT2D eigenvalue weighted by molar-refractivity contribution is -0.0487. The summed E-state index contributed by atoms with van der Waals surface area (Å²) >= 11 is 0. The highest BCUT2D eigenvalue weighted by Crippen LogP contribution is 2.21. The Balaban J connectivity index is 2.32. The predicted molar refractivity (Wildman–Crippen MR) is 66.3 cm³/mol. The molecule has 0 spiro atoms. The topological polar surface area (TPSA) is 85.5 Å². The van der Waals surface area contributed by atoms with E-state index in [1.807, 2.05) is 0 Å². The molecule has 8 heteroatoms. The molecule has 1 aliphatic heterocycles. The van der Waals surface area contributed by atoms with Gasteiger partial charge in [-0.05, 0) is 19.1 Å². The summed E-state index contributed by atoms with van der Waals surface area (Å²) in [6, 6.07) is 2.42. The van der Waals surface area contributed by atoms with Gasteiger partial charge in [-0.2, -0.15) is 4.31 Å². The molecule has 1 fully saturated rings. The van der Waals surface area contributed by atoms with E-state index in [-0.39, 0.29) is 31.8 Å². The van der Waals surface area contributed by atoms with Gasteiger partial charge in [-0.3, -0.25) is 0 Å². The Hall–Kier alpha value is -1.09. The van der Waals surface area contributed by atoms with Crippen LogP contribution in [0.5, 0.6) is 0 Å². The normalized spacial score (nSPS) is 25.4. The third kappa shape index (κ3) is 2.92. The summed E-state index contributed by atoms with van der Waals surface area (Å²) in [7, 11) is -3.96. The first-order valence-electron chi connectivity index (χ1n) is 5.91. The van der Waals surface area contributed by atoms with Gasteiger partial charge < -0.3 is 10.5 Å². The summed E-state index contributed by atoms with van der Waals surface area (Å²) in [4.78, 5) is 3.62. The van der Waals surface area contributed by atoms with Gasteiger partial charge in [0.25, 0.3) is 10.0 Å². The predicted octanol–water partition coefficient (Wildman–Crippen LogP) is -0.0426. The molecule has 2 atom stereocenters. The van der Waals surface area contributed by atoms with Crippen molar-refractivity contribution in [3.05, 3.63) is 24.1 Å². The summed E-state index contributed by atoms with van der Waals surface area (Å²) < 4.78 is 44.9. The molecule has 106 valence electrons. The minimum absolute atomic E-state index is 0.110. The second kappa shape index (κ2) is 5.49. The van der Waals surface area contributed by atoms with Crippen molar-refractivity contribution >= 4 is 10.0 Å². The lowest BCUT2D eigenvalue weighted by Crippen LogP contribution is -2.51. The average molecular weight is 289 g/mol. The SMILES string of the molecule is CC1CN(S(=O)(=O)c2ncccc2F)CC(CN)O1. The smallest absolute Gasteiger partial charge is 0.263 e. The van der Waals surface area contributed by atoms with Crippen LogP contribution >= 0.6 is 0 Å². The second-order valence-electron chi connectivity index (χ2n) is 4.42. The number of rotatable bonds is 3. The van der Waals surface area contributed by atoms with Gasteiger partial charge in [0.1, 0.15) is 0 Å². The number of aromatic nitrogens is 1. The Bertz CT molecular complexity index is 552. The van der Waals surface area contributed by atoms with Gasteiger partial charge in [-0.25, -0.2) is 17.8 Å². The largest absolute Gasteiger partial charge is 0.371 e. The molecule has 0 aromatic carbocycles. The van der Waals surface area contributed by atoms with Gasteiger partial charge >= 0.3 is 0 Å². The van der Waals surface area contributed by atoms with E-state index < -0.39 is 20.9 Å². The zero-order valence-corrected chi connectivity index (χ0v) is 11.3. The molecular formula is C11H16FN3O3S. The van der Waals surface area contributed by atoms with Crippen LogP contribution in [0.25, 0.3) is 0 Å². The van der Waals surface area contributed by atoms with Crippen LogP contribution in [0.2, 0.25) is 0 Å². The fraction of sp³-hybridized carbons (Fsp3) is 0.545. The summed E-state index contributed by atoms with van der Waals surface area (Å²) in [5.41, 5.74) is 5.50. The molecule has 2 rings (SSSR count). The lowest BCUT2D eigenvalue weighted by Gasteiger charge is -2.35. The van der Waals surface area contributed by atoms with E-state index in [9.17, 15) is 12.8 Å². The maximum Gasteiger partial charge on any atom is 0.263 e. The molecule has 2 heterocycles.